The third-order valence-corrected chi connectivity index (χ3v) is 19.2. The molecule has 0 radical (unpaired) electrons. The number of hydrogen-bond acceptors (Lipinski definition) is 13. The van der Waals surface area contributed by atoms with Crippen molar-refractivity contribution in [3.8, 4) is 0 Å². The summed E-state index contributed by atoms with van der Waals surface area (Å²) < 4.78 is 9.17. The van der Waals surface area contributed by atoms with Crippen LogP contribution in [0.4, 0.5) is 0 Å². The molecule has 7 aromatic carbocycles. The van der Waals surface area contributed by atoms with Crippen molar-refractivity contribution < 1.29 is 33.8 Å². The van der Waals surface area contributed by atoms with Gasteiger partial charge in [0.25, 0.3) is 0 Å². The van der Waals surface area contributed by atoms with Crippen molar-refractivity contribution >= 4 is 85.5 Å². The Morgan fingerprint density at radius 1 is 0.552 bits per heavy atom. The Kier molecular flexibility index (Phi) is 29.4. The van der Waals surface area contributed by atoms with Crippen LogP contribution in [0.1, 0.15) is 87.0 Å². The number of hydrogen-bond donors (Lipinski definition) is 5. The largest absolute Gasteiger partial charge is 0.480 e. The first-order valence-corrected chi connectivity index (χ1v) is 36.2. The van der Waals surface area contributed by atoms with Crippen LogP contribution in [0.15, 0.2) is 183 Å². The van der Waals surface area contributed by atoms with Gasteiger partial charge in [0.2, 0.25) is 17.7 Å². The van der Waals surface area contributed by atoms with E-state index >= 15 is 0 Å². The summed E-state index contributed by atoms with van der Waals surface area (Å²) in [7, 11) is 1.33. The molecule has 0 aliphatic heterocycles. The molecular formula is C77H96N10O7S2. The highest BCUT2D eigenvalue weighted by Crippen LogP contribution is 2.24. The normalized spacial score (nSPS) is 13.3. The van der Waals surface area contributed by atoms with Gasteiger partial charge in [0.05, 0.1) is 39.3 Å². The smallest absolute Gasteiger partial charge is 0.328 e. The predicted octanol–water partition coefficient (Wildman–Crippen LogP) is 11.7. The fourth-order valence-electron chi connectivity index (χ4n) is 12.0. The van der Waals surface area contributed by atoms with Crippen molar-refractivity contribution in [3.63, 3.8) is 0 Å². The number of carboxylic acids is 1. The maximum atomic E-state index is 13.5. The number of ether oxygens (including phenoxy) is 1. The molecule has 3 amide bonds. The number of benzene rings is 7. The second-order valence-electron chi connectivity index (χ2n) is 24.9. The van der Waals surface area contributed by atoms with Gasteiger partial charge in [-0.1, -0.05) is 186 Å². The van der Waals surface area contributed by atoms with Crippen molar-refractivity contribution in [2.45, 2.75) is 117 Å². The van der Waals surface area contributed by atoms with Crippen molar-refractivity contribution in [2.75, 3.05) is 63.9 Å². The van der Waals surface area contributed by atoms with E-state index < -0.39 is 24.0 Å². The van der Waals surface area contributed by atoms with Crippen LogP contribution in [0.5, 0.6) is 0 Å². The maximum absolute atomic E-state index is 13.5. The Labute approximate surface area is 574 Å². The van der Waals surface area contributed by atoms with Gasteiger partial charge in [-0.3, -0.25) is 24.2 Å². The van der Waals surface area contributed by atoms with Crippen LogP contribution in [0, 0.1) is 11.8 Å². The highest BCUT2D eigenvalue weighted by molar-refractivity contribution is 7.98. The molecule has 508 valence electrons. The van der Waals surface area contributed by atoms with E-state index in [0.717, 1.165) is 71.3 Å². The summed E-state index contributed by atoms with van der Waals surface area (Å²) >= 11 is 3.18. The van der Waals surface area contributed by atoms with Gasteiger partial charge in [-0.05, 0) is 115 Å². The van der Waals surface area contributed by atoms with E-state index in [4.69, 9.17) is 4.74 Å². The molecule has 0 fully saturated rings. The molecular weight excluding hydrogens is 1240 g/mol. The van der Waals surface area contributed by atoms with Crippen LogP contribution in [0.2, 0.25) is 0 Å². The highest BCUT2D eigenvalue weighted by atomic mass is 32.2. The number of fused-ring (bicyclic) bond motifs is 3. The van der Waals surface area contributed by atoms with Gasteiger partial charge in [-0.15, -0.1) is 0 Å². The van der Waals surface area contributed by atoms with Crippen LogP contribution in [0.25, 0.3) is 32.3 Å². The van der Waals surface area contributed by atoms with Crippen LogP contribution in [-0.4, -0.2) is 152 Å². The minimum atomic E-state index is -0.998. The molecule has 19 heteroatoms. The zero-order valence-electron chi connectivity index (χ0n) is 56.7. The molecule has 17 nitrogen and oxygen atoms in total. The van der Waals surface area contributed by atoms with E-state index in [0.29, 0.717) is 57.2 Å². The number of esters is 1. The number of imidazole rings is 2. The standard InChI is InChI=1S/C40H49N5O3S.C37H47N5O4S/c1-4-29(2)38(42-20-18-35-23-41-28-45(35)24-30-16-17-31-10-5-6-12-33(31)22-30)26-44(27-39(46)43-37(40(47)48)19-21-49-3)25-34-14-9-13-32-11-7-8-15-36(32)34;1-5-27(2)34(24-41(22-28-11-7-6-8-12-28)25-36(44)39-33(17-18-47-4)37(45)46-3)40-35(43)20-32-21-38-26-42(32)23-29-15-16-30-13-9-10-14-31(30)19-29/h5-17,22-23,28-29,37-38,42H,4,18-21,24-27H2,1-3H3,(H,43,46)(H,47,48);6-16,19,21,26-27,33-34H,5,17-18,20,22-25H2,1-4H3,(H,39,44)(H,40,43)/t29-,37-,38+;27-,33-,34+/m00/s1. The Hall–Kier alpha value is -8.33. The summed E-state index contributed by atoms with van der Waals surface area (Å²) in [6, 6.07) is 52.5. The van der Waals surface area contributed by atoms with Gasteiger partial charge < -0.3 is 40.2 Å². The molecule has 9 rings (SSSR count). The molecule has 0 saturated carbocycles. The first kappa shape index (κ1) is 73.5. The lowest BCUT2D eigenvalue weighted by Crippen LogP contribution is -2.51. The fraction of sp³-hybridized carbons (Fsp3) is 0.390. The van der Waals surface area contributed by atoms with E-state index in [1.807, 2.05) is 89.1 Å². The second-order valence-corrected chi connectivity index (χ2v) is 26.9. The number of rotatable bonds is 37. The number of thioether (sulfide) groups is 2. The summed E-state index contributed by atoms with van der Waals surface area (Å²) in [5.41, 5.74) is 6.57. The molecule has 0 spiro atoms. The number of carbonyl (C=O) groups excluding carboxylic acids is 4. The number of amides is 3. The Morgan fingerprint density at radius 2 is 1.06 bits per heavy atom. The van der Waals surface area contributed by atoms with E-state index in [1.165, 1.54) is 39.9 Å². The summed E-state index contributed by atoms with van der Waals surface area (Å²) in [5.74, 6) is -0.175. The average molecular weight is 1340 g/mol. The number of nitrogens with one attached hydrogen (secondary N) is 4. The Morgan fingerprint density at radius 3 is 1.66 bits per heavy atom. The molecule has 0 unspecified atom stereocenters. The quantitative estimate of drug-likeness (QED) is 0.0230. The summed E-state index contributed by atoms with van der Waals surface area (Å²) in [5, 5.41) is 29.7. The average Bonchev–Trinajstić information content (AvgIpc) is 1.95. The molecule has 0 aliphatic carbocycles. The SMILES string of the molecule is CC[C@H](C)[C@@H](CN(CC(=O)N[C@@H](CCSC)C(=O)O)Cc1cccc2ccccc12)NCCc1cncn1Cc1ccc2ccccc2c1.CC[C@H](C)[C@@H](CN(CC(=O)N[C@@H](CCSC)C(=O)OC)Cc1ccccc1)NC(=O)Cc1cncn1Cc1ccc2ccccc2c1. The lowest BCUT2D eigenvalue weighted by atomic mass is 9.97. The van der Waals surface area contributed by atoms with Crippen molar-refractivity contribution in [3.05, 3.63) is 216 Å². The van der Waals surface area contributed by atoms with Crippen LogP contribution >= 0.6 is 23.5 Å². The molecule has 6 atom stereocenters. The van der Waals surface area contributed by atoms with Gasteiger partial charge >= 0.3 is 11.9 Å². The van der Waals surface area contributed by atoms with Gasteiger partial charge in [-0.25, -0.2) is 19.6 Å². The van der Waals surface area contributed by atoms with Crippen LogP contribution in [0.3, 0.4) is 0 Å². The van der Waals surface area contributed by atoms with E-state index in [-0.39, 0.29) is 55.2 Å². The summed E-state index contributed by atoms with van der Waals surface area (Å²) in [6.07, 6.45) is 15.0. The highest BCUT2D eigenvalue weighted by Gasteiger charge is 2.28. The lowest BCUT2D eigenvalue weighted by molar-refractivity contribution is -0.145. The van der Waals surface area contributed by atoms with Crippen molar-refractivity contribution in [1.29, 1.82) is 0 Å². The van der Waals surface area contributed by atoms with Gasteiger partial charge in [0.15, 0.2) is 0 Å². The topological polar surface area (TPSA) is 205 Å². The van der Waals surface area contributed by atoms with E-state index in [9.17, 15) is 29.1 Å². The lowest BCUT2D eigenvalue weighted by Gasteiger charge is -2.32. The Balaban J connectivity index is 0.000000246. The minimum absolute atomic E-state index is 0.0724. The number of methoxy groups -OCH3 is 1. The predicted molar refractivity (Wildman–Crippen MR) is 391 cm³/mol. The molecule has 5 N–H and O–H groups in total. The number of nitrogens with zero attached hydrogens (tertiary/aromatic N) is 6. The maximum Gasteiger partial charge on any atom is 0.328 e. The second kappa shape index (κ2) is 38.4. The van der Waals surface area contributed by atoms with Gasteiger partial charge in [0.1, 0.15) is 12.1 Å². The molecule has 2 aromatic heterocycles. The monoisotopic (exact) mass is 1340 g/mol. The fourth-order valence-corrected chi connectivity index (χ4v) is 13.0. The molecule has 0 saturated heterocycles. The molecule has 9 aromatic rings. The van der Waals surface area contributed by atoms with Gasteiger partial charge in [0, 0.05) is 88.1 Å². The number of carbonyl (C=O) groups is 5. The summed E-state index contributed by atoms with van der Waals surface area (Å²) in [4.78, 5) is 77.5. The number of carboxylic acid groups (broad SMARTS) is 1. The minimum Gasteiger partial charge on any atom is -0.480 e. The third-order valence-electron chi connectivity index (χ3n) is 17.9. The molecule has 96 heavy (non-hydrogen) atoms. The van der Waals surface area contributed by atoms with Crippen LogP contribution in [-0.2, 0) is 67.7 Å². The first-order valence-electron chi connectivity index (χ1n) is 33.4. The van der Waals surface area contributed by atoms with Gasteiger partial charge in [-0.2, -0.15) is 23.5 Å². The summed E-state index contributed by atoms with van der Waals surface area (Å²) in [6.45, 7) is 13.2. The third kappa shape index (κ3) is 22.6. The zero-order valence-corrected chi connectivity index (χ0v) is 58.3. The number of aliphatic carboxylic acids is 1. The van der Waals surface area contributed by atoms with Crippen molar-refractivity contribution in [1.82, 2.24) is 50.2 Å². The van der Waals surface area contributed by atoms with E-state index in [2.05, 4.69) is 172 Å². The molecule has 2 heterocycles. The number of aromatic nitrogens is 4. The van der Waals surface area contributed by atoms with Crippen LogP contribution < -0.4 is 21.3 Å². The molecule has 0 bridgehead atoms. The first-order chi connectivity index (χ1) is 46.6. The van der Waals surface area contributed by atoms with Crippen molar-refractivity contribution in [2.24, 2.45) is 11.8 Å². The van der Waals surface area contributed by atoms with E-state index in [1.54, 1.807) is 36.0 Å². The zero-order chi connectivity index (χ0) is 68.2. The Bertz CT molecular complexity index is 3910. The molecule has 0 aliphatic rings.